The van der Waals surface area contributed by atoms with Gasteiger partial charge in [-0.05, 0) is 37.0 Å². The van der Waals surface area contributed by atoms with Crippen LogP contribution in [0.2, 0.25) is 0 Å². The van der Waals surface area contributed by atoms with Gasteiger partial charge in [-0.1, -0.05) is 25.2 Å². The number of thiazole rings is 1. The Kier molecular flexibility index (Phi) is 3.24. The third-order valence-electron chi connectivity index (χ3n) is 2.79. The van der Waals surface area contributed by atoms with Gasteiger partial charge in [0.05, 0.1) is 16.8 Å². The molecule has 0 aliphatic rings. The average molecular weight is 250 g/mol. The van der Waals surface area contributed by atoms with Crippen molar-refractivity contribution in [3.05, 3.63) is 17.2 Å². The second-order valence-corrected chi connectivity index (χ2v) is 5.79. The number of nitrogens with two attached hydrogens (primary N) is 1. The summed E-state index contributed by atoms with van der Waals surface area (Å²) in [6, 6.07) is 2.05. The molecule has 1 aromatic heterocycles. The van der Waals surface area contributed by atoms with Crippen molar-refractivity contribution in [3.63, 3.8) is 0 Å². The molecule has 0 fully saturated rings. The zero-order valence-corrected chi connectivity index (χ0v) is 11.5. The maximum Gasteiger partial charge on any atom is 0.181 e. The minimum Gasteiger partial charge on any atom is -0.493 e. The zero-order valence-electron chi connectivity index (χ0n) is 10.7. The van der Waals surface area contributed by atoms with Gasteiger partial charge < -0.3 is 10.5 Å². The Balaban J connectivity index is 2.45. The molecule has 0 aliphatic heterocycles. The molecule has 0 saturated carbocycles. The Morgan fingerprint density at radius 1 is 1.35 bits per heavy atom. The molecule has 0 bridgehead atoms. The molecule has 2 aromatic rings. The minimum atomic E-state index is 0.525. The molecule has 17 heavy (non-hydrogen) atoms. The largest absolute Gasteiger partial charge is 0.493 e. The summed E-state index contributed by atoms with van der Waals surface area (Å²) in [6.07, 6.45) is 0. The summed E-state index contributed by atoms with van der Waals surface area (Å²) in [6.45, 7) is 9.16. The number of nitrogen functional groups attached to an aromatic ring is 1. The predicted octanol–water partition coefficient (Wildman–Crippen LogP) is 3.53. The number of fused-ring (bicyclic) bond motifs is 1. The van der Waals surface area contributed by atoms with Gasteiger partial charge >= 0.3 is 0 Å². The molecule has 0 radical (unpaired) electrons. The van der Waals surface area contributed by atoms with Gasteiger partial charge in [0.15, 0.2) is 5.13 Å². The van der Waals surface area contributed by atoms with Crippen LogP contribution in [-0.4, -0.2) is 11.6 Å². The maximum atomic E-state index is 5.83. The monoisotopic (exact) mass is 250 g/mol. The number of aromatic nitrogens is 1. The van der Waals surface area contributed by atoms with E-state index in [2.05, 4.69) is 32.7 Å². The van der Waals surface area contributed by atoms with E-state index in [1.807, 2.05) is 6.07 Å². The van der Waals surface area contributed by atoms with Gasteiger partial charge in [-0.25, -0.2) is 4.98 Å². The highest BCUT2D eigenvalue weighted by atomic mass is 32.1. The summed E-state index contributed by atoms with van der Waals surface area (Å²) >= 11 is 1.51. The van der Waals surface area contributed by atoms with Crippen LogP contribution < -0.4 is 10.5 Å². The standard InChI is InChI=1S/C13H18N2OS/c1-7(2)6-16-10-5-11-12(9(4)8(10)3)15-13(14)17-11/h5,7H,6H2,1-4H3,(H2,14,15). The van der Waals surface area contributed by atoms with Crippen LogP contribution in [-0.2, 0) is 0 Å². The van der Waals surface area contributed by atoms with Crippen molar-refractivity contribution in [3.8, 4) is 5.75 Å². The molecule has 1 aromatic carbocycles. The fraction of sp³-hybridized carbons (Fsp3) is 0.462. The molecular weight excluding hydrogens is 232 g/mol. The van der Waals surface area contributed by atoms with Crippen LogP contribution in [0.25, 0.3) is 10.2 Å². The fourth-order valence-electron chi connectivity index (χ4n) is 1.71. The second-order valence-electron chi connectivity index (χ2n) is 4.73. The molecule has 3 nitrogen and oxygen atoms in total. The van der Waals surface area contributed by atoms with Gasteiger partial charge in [-0.2, -0.15) is 0 Å². The van der Waals surface area contributed by atoms with Gasteiger partial charge in [0.25, 0.3) is 0 Å². The van der Waals surface area contributed by atoms with Crippen LogP contribution in [0, 0.1) is 19.8 Å². The highest BCUT2D eigenvalue weighted by molar-refractivity contribution is 7.22. The first kappa shape index (κ1) is 12.2. The van der Waals surface area contributed by atoms with Crippen molar-refractivity contribution in [1.29, 1.82) is 0 Å². The Hall–Kier alpha value is -1.29. The fourth-order valence-corrected chi connectivity index (χ4v) is 2.54. The van der Waals surface area contributed by atoms with E-state index >= 15 is 0 Å². The van der Waals surface area contributed by atoms with Gasteiger partial charge in [0.1, 0.15) is 5.75 Å². The summed E-state index contributed by atoms with van der Waals surface area (Å²) in [4.78, 5) is 4.35. The summed E-state index contributed by atoms with van der Waals surface area (Å²) < 4.78 is 6.94. The lowest BCUT2D eigenvalue weighted by molar-refractivity contribution is 0.269. The normalized spacial score (nSPS) is 11.4. The molecule has 0 aliphatic carbocycles. The Bertz CT molecular complexity index is 546. The first-order valence-electron chi connectivity index (χ1n) is 5.78. The molecule has 2 rings (SSSR count). The molecule has 0 saturated heterocycles. The van der Waals surface area contributed by atoms with Crippen molar-refractivity contribution in [2.75, 3.05) is 12.3 Å². The molecule has 0 spiro atoms. The summed E-state index contributed by atoms with van der Waals surface area (Å²) in [5.41, 5.74) is 9.07. The van der Waals surface area contributed by atoms with Crippen molar-refractivity contribution < 1.29 is 4.74 Å². The molecule has 92 valence electrons. The average Bonchev–Trinajstić information content (AvgIpc) is 2.62. The Labute approximate surface area is 106 Å². The number of nitrogens with zero attached hydrogens (tertiary/aromatic N) is 1. The van der Waals surface area contributed by atoms with E-state index in [0.717, 1.165) is 33.7 Å². The number of anilines is 1. The number of rotatable bonds is 3. The summed E-state index contributed by atoms with van der Waals surface area (Å²) in [5.74, 6) is 1.48. The van der Waals surface area contributed by atoms with Crippen LogP contribution in [0.1, 0.15) is 25.0 Å². The number of aryl methyl sites for hydroxylation is 1. The maximum absolute atomic E-state index is 5.83. The molecular formula is C13H18N2OS. The highest BCUT2D eigenvalue weighted by Crippen LogP contribution is 2.34. The van der Waals surface area contributed by atoms with Gasteiger partial charge in [-0.15, -0.1) is 0 Å². The zero-order chi connectivity index (χ0) is 12.6. The van der Waals surface area contributed by atoms with Crippen molar-refractivity contribution in [2.45, 2.75) is 27.7 Å². The van der Waals surface area contributed by atoms with Crippen LogP contribution in [0.4, 0.5) is 5.13 Å². The van der Waals surface area contributed by atoms with E-state index < -0.39 is 0 Å². The van der Waals surface area contributed by atoms with Gasteiger partial charge in [-0.3, -0.25) is 0 Å². The molecule has 0 atom stereocenters. The minimum absolute atomic E-state index is 0.525. The van der Waals surface area contributed by atoms with Crippen molar-refractivity contribution in [2.24, 2.45) is 5.92 Å². The van der Waals surface area contributed by atoms with E-state index in [9.17, 15) is 0 Å². The van der Waals surface area contributed by atoms with E-state index in [4.69, 9.17) is 10.5 Å². The van der Waals surface area contributed by atoms with E-state index in [0.29, 0.717) is 11.0 Å². The van der Waals surface area contributed by atoms with Gasteiger partial charge in [0, 0.05) is 0 Å². The Morgan fingerprint density at radius 2 is 2.06 bits per heavy atom. The number of hydrogen-bond donors (Lipinski definition) is 1. The van der Waals surface area contributed by atoms with Crippen LogP contribution in [0.15, 0.2) is 6.07 Å². The van der Waals surface area contributed by atoms with Crippen molar-refractivity contribution >= 4 is 26.7 Å². The molecule has 2 N–H and O–H groups in total. The lowest BCUT2D eigenvalue weighted by Gasteiger charge is -2.13. The third-order valence-corrected chi connectivity index (χ3v) is 3.62. The lowest BCUT2D eigenvalue weighted by atomic mass is 10.1. The van der Waals surface area contributed by atoms with E-state index in [-0.39, 0.29) is 0 Å². The number of ether oxygens (including phenoxy) is 1. The predicted molar refractivity (Wildman–Crippen MR) is 73.8 cm³/mol. The molecule has 0 unspecified atom stereocenters. The molecule has 1 heterocycles. The van der Waals surface area contributed by atoms with E-state index in [1.165, 1.54) is 11.3 Å². The van der Waals surface area contributed by atoms with Crippen LogP contribution >= 0.6 is 11.3 Å². The van der Waals surface area contributed by atoms with Gasteiger partial charge in [0.2, 0.25) is 0 Å². The lowest BCUT2D eigenvalue weighted by Crippen LogP contribution is -2.05. The van der Waals surface area contributed by atoms with Crippen LogP contribution in [0.5, 0.6) is 5.75 Å². The quantitative estimate of drug-likeness (QED) is 0.906. The second kappa shape index (κ2) is 4.53. The first-order chi connectivity index (χ1) is 7.99. The van der Waals surface area contributed by atoms with E-state index in [1.54, 1.807) is 0 Å². The SMILES string of the molecule is Cc1c(OCC(C)C)cc2sc(N)nc2c1C. The molecule has 4 heteroatoms. The Morgan fingerprint density at radius 3 is 2.71 bits per heavy atom. The highest BCUT2D eigenvalue weighted by Gasteiger charge is 2.12. The summed E-state index contributed by atoms with van der Waals surface area (Å²) in [5, 5.41) is 0.614. The number of benzene rings is 1. The van der Waals surface area contributed by atoms with Crippen LogP contribution in [0.3, 0.4) is 0 Å². The molecule has 0 amide bonds. The smallest absolute Gasteiger partial charge is 0.181 e. The number of hydrogen-bond acceptors (Lipinski definition) is 4. The third kappa shape index (κ3) is 2.36. The summed E-state index contributed by atoms with van der Waals surface area (Å²) in [7, 11) is 0. The topological polar surface area (TPSA) is 48.1 Å². The first-order valence-corrected chi connectivity index (χ1v) is 6.59. The van der Waals surface area contributed by atoms with Crippen molar-refractivity contribution in [1.82, 2.24) is 4.98 Å².